The molecule has 1 saturated heterocycles. The lowest BCUT2D eigenvalue weighted by atomic mass is 10.1. The van der Waals surface area contributed by atoms with Crippen LogP contribution in [-0.2, 0) is 0 Å². The lowest BCUT2D eigenvalue weighted by molar-refractivity contribution is -0.0894. The maximum Gasteiger partial charge on any atom is 0.110 e. The Balaban J connectivity index is 2.66. The number of aliphatic hydroxyl groups excluding tert-OH is 4. The Morgan fingerprint density at radius 3 is 1.58 bits per heavy atom. The van der Waals surface area contributed by atoms with Gasteiger partial charge in [-0.3, -0.25) is 0 Å². The Labute approximate surface area is 70.9 Å². The van der Waals surface area contributed by atoms with Gasteiger partial charge in [-0.2, -0.15) is 0 Å². The zero-order valence-electron chi connectivity index (χ0n) is 6.96. The second-order valence-corrected chi connectivity index (χ2v) is 3.34. The molecule has 12 heavy (non-hydrogen) atoms. The molecule has 1 rings (SSSR count). The normalized spacial score (nSPS) is 45.8. The van der Waals surface area contributed by atoms with Crippen molar-refractivity contribution in [3.63, 3.8) is 0 Å². The van der Waals surface area contributed by atoms with E-state index in [1.807, 2.05) is 0 Å². The second-order valence-electron chi connectivity index (χ2n) is 3.34. The van der Waals surface area contributed by atoms with E-state index < -0.39 is 24.4 Å². The van der Waals surface area contributed by atoms with E-state index in [2.05, 4.69) is 0 Å². The SMILES string of the molecule is CN1C[C@@H](O)[C@@H](O)[C@H](O)[C@H](O)C1. The molecule has 0 spiro atoms. The van der Waals surface area contributed by atoms with Crippen molar-refractivity contribution in [3.05, 3.63) is 0 Å². The first kappa shape index (κ1) is 9.88. The van der Waals surface area contributed by atoms with Gasteiger partial charge >= 0.3 is 0 Å². The van der Waals surface area contributed by atoms with Crippen molar-refractivity contribution in [2.24, 2.45) is 0 Å². The van der Waals surface area contributed by atoms with Crippen LogP contribution in [0.1, 0.15) is 0 Å². The maximum absolute atomic E-state index is 9.25. The highest BCUT2D eigenvalue weighted by molar-refractivity contribution is 4.87. The summed E-state index contributed by atoms with van der Waals surface area (Å²) in [5.74, 6) is 0. The van der Waals surface area contributed by atoms with Crippen molar-refractivity contribution >= 4 is 0 Å². The molecule has 5 nitrogen and oxygen atoms in total. The zero-order chi connectivity index (χ0) is 9.30. The minimum atomic E-state index is -1.26. The molecule has 0 unspecified atom stereocenters. The molecule has 1 aliphatic heterocycles. The molecule has 0 bridgehead atoms. The number of likely N-dealkylation sites (N-methyl/N-ethyl adjacent to an activating group) is 1. The quantitative estimate of drug-likeness (QED) is 0.325. The van der Waals surface area contributed by atoms with Crippen molar-refractivity contribution in [2.45, 2.75) is 24.4 Å². The number of rotatable bonds is 0. The topological polar surface area (TPSA) is 84.2 Å². The molecule has 5 heteroatoms. The minimum absolute atomic E-state index is 0.259. The minimum Gasteiger partial charge on any atom is -0.389 e. The van der Waals surface area contributed by atoms with Crippen LogP contribution >= 0.6 is 0 Å². The molecule has 0 aromatic rings. The van der Waals surface area contributed by atoms with Gasteiger partial charge in [0.1, 0.15) is 12.2 Å². The Kier molecular flexibility index (Phi) is 3.03. The van der Waals surface area contributed by atoms with Gasteiger partial charge in [0, 0.05) is 13.1 Å². The highest BCUT2D eigenvalue weighted by Crippen LogP contribution is 2.11. The summed E-state index contributed by atoms with van der Waals surface area (Å²) in [6.07, 6.45) is -4.51. The number of hydrogen-bond donors (Lipinski definition) is 4. The van der Waals surface area contributed by atoms with Gasteiger partial charge in [-0.15, -0.1) is 0 Å². The van der Waals surface area contributed by atoms with Gasteiger partial charge in [-0.1, -0.05) is 0 Å². The van der Waals surface area contributed by atoms with Crippen molar-refractivity contribution in [1.29, 1.82) is 0 Å². The van der Waals surface area contributed by atoms with E-state index in [1.54, 1.807) is 11.9 Å². The molecule has 72 valence electrons. The smallest absolute Gasteiger partial charge is 0.110 e. The van der Waals surface area contributed by atoms with Crippen LogP contribution in [0.5, 0.6) is 0 Å². The lowest BCUT2D eigenvalue weighted by Crippen LogP contribution is -2.43. The van der Waals surface area contributed by atoms with Crippen LogP contribution in [0.2, 0.25) is 0 Å². The first-order valence-electron chi connectivity index (χ1n) is 3.93. The molecular weight excluding hydrogens is 162 g/mol. The van der Waals surface area contributed by atoms with Crippen LogP contribution in [0.3, 0.4) is 0 Å². The highest BCUT2D eigenvalue weighted by Gasteiger charge is 2.34. The lowest BCUT2D eigenvalue weighted by Gasteiger charge is -2.21. The maximum atomic E-state index is 9.25. The summed E-state index contributed by atoms with van der Waals surface area (Å²) in [5, 5.41) is 37.0. The Morgan fingerprint density at radius 2 is 1.25 bits per heavy atom. The van der Waals surface area contributed by atoms with Crippen LogP contribution in [0, 0.1) is 0 Å². The molecule has 0 aromatic carbocycles. The molecule has 1 heterocycles. The fourth-order valence-electron chi connectivity index (χ4n) is 1.38. The first-order valence-corrected chi connectivity index (χ1v) is 3.93. The second kappa shape index (κ2) is 3.68. The van der Waals surface area contributed by atoms with E-state index in [9.17, 15) is 20.4 Å². The Bertz CT molecular complexity index is 138. The van der Waals surface area contributed by atoms with Crippen molar-refractivity contribution < 1.29 is 20.4 Å². The van der Waals surface area contributed by atoms with E-state index in [1.165, 1.54) is 0 Å². The summed E-state index contributed by atoms with van der Waals surface area (Å²) in [5.41, 5.74) is 0. The van der Waals surface area contributed by atoms with E-state index in [-0.39, 0.29) is 13.1 Å². The molecule has 4 N–H and O–H groups in total. The first-order chi connectivity index (χ1) is 5.52. The fraction of sp³-hybridized carbons (Fsp3) is 1.00. The average Bonchev–Trinajstić information content (AvgIpc) is 2.05. The van der Waals surface area contributed by atoms with Crippen LogP contribution in [0.4, 0.5) is 0 Å². The number of hydrogen-bond acceptors (Lipinski definition) is 5. The number of nitrogens with zero attached hydrogens (tertiary/aromatic N) is 1. The van der Waals surface area contributed by atoms with Gasteiger partial charge < -0.3 is 25.3 Å². The van der Waals surface area contributed by atoms with Gasteiger partial charge in [0.15, 0.2) is 0 Å². The summed E-state index contributed by atoms with van der Waals surface area (Å²) in [7, 11) is 1.71. The number of likely N-dealkylation sites (tertiary alicyclic amines) is 1. The molecule has 1 aliphatic rings. The van der Waals surface area contributed by atoms with E-state index in [0.717, 1.165) is 0 Å². The summed E-state index contributed by atoms with van der Waals surface area (Å²) >= 11 is 0. The third-order valence-electron chi connectivity index (χ3n) is 2.14. The van der Waals surface area contributed by atoms with Crippen LogP contribution in [0.15, 0.2) is 0 Å². The summed E-state index contributed by atoms with van der Waals surface area (Å²) < 4.78 is 0. The van der Waals surface area contributed by atoms with E-state index in [4.69, 9.17) is 0 Å². The van der Waals surface area contributed by atoms with Crippen LogP contribution < -0.4 is 0 Å². The molecule has 0 aliphatic carbocycles. The van der Waals surface area contributed by atoms with Crippen LogP contribution in [-0.4, -0.2) is 69.9 Å². The van der Waals surface area contributed by atoms with E-state index in [0.29, 0.717) is 0 Å². The van der Waals surface area contributed by atoms with Crippen molar-refractivity contribution in [1.82, 2.24) is 4.90 Å². The van der Waals surface area contributed by atoms with Gasteiger partial charge in [-0.25, -0.2) is 0 Å². The zero-order valence-corrected chi connectivity index (χ0v) is 6.96. The monoisotopic (exact) mass is 177 g/mol. The van der Waals surface area contributed by atoms with Gasteiger partial charge in [0.25, 0.3) is 0 Å². The highest BCUT2D eigenvalue weighted by atomic mass is 16.4. The largest absolute Gasteiger partial charge is 0.389 e. The molecule has 1 fully saturated rings. The predicted octanol–water partition coefficient (Wildman–Crippen LogP) is -2.62. The predicted molar refractivity (Wildman–Crippen MR) is 41.5 cm³/mol. The van der Waals surface area contributed by atoms with Gasteiger partial charge in [-0.05, 0) is 7.05 Å². The molecule has 0 saturated carbocycles. The molecular formula is C7H15NO4. The molecule has 0 amide bonds. The molecule has 0 aromatic heterocycles. The van der Waals surface area contributed by atoms with Crippen LogP contribution in [0.25, 0.3) is 0 Å². The third kappa shape index (κ3) is 1.94. The summed E-state index contributed by atoms with van der Waals surface area (Å²) in [6, 6.07) is 0. The van der Waals surface area contributed by atoms with E-state index >= 15 is 0 Å². The summed E-state index contributed by atoms with van der Waals surface area (Å²) in [6.45, 7) is 0.518. The number of β-amino-alcohol motifs (C(OH)–C–C–N with tert-alkyl or cyclic N) is 2. The molecule has 0 radical (unpaired) electrons. The fourth-order valence-corrected chi connectivity index (χ4v) is 1.38. The standard InChI is InChI=1S/C7H15NO4/c1-8-2-4(9)6(11)7(12)5(10)3-8/h4-7,9-12H,2-3H2,1H3/t4-,5-,6-,7-/m1/s1. The van der Waals surface area contributed by atoms with Gasteiger partial charge in [0.05, 0.1) is 12.2 Å². The Hall–Kier alpha value is -0.200. The Morgan fingerprint density at radius 1 is 0.917 bits per heavy atom. The summed E-state index contributed by atoms with van der Waals surface area (Å²) in [4.78, 5) is 1.66. The van der Waals surface area contributed by atoms with Crippen molar-refractivity contribution in [2.75, 3.05) is 20.1 Å². The number of aliphatic hydroxyl groups is 4. The molecule has 4 atom stereocenters. The third-order valence-corrected chi connectivity index (χ3v) is 2.14. The average molecular weight is 177 g/mol. The van der Waals surface area contributed by atoms with Crippen molar-refractivity contribution in [3.8, 4) is 0 Å². The van der Waals surface area contributed by atoms with Gasteiger partial charge in [0.2, 0.25) is 0 Å².